The SMILES string of the molecule is CCn1ccc2c(-c3c(O)n[nH]c3-c3cc(C4CC4)c(O)cc3O)cccc21. The first kappa shape index (κ1) is 16.7. The topological polar surface area (TPSA) is 94.3 Å². The van der Waals surface area contributed by atoms with Gasteiger partial charge in [0.1, 0.15) is 11.5 Å². The highest BCUT2D eigenvalue weighted by atomic mass is 16.3. The van der Waals surface area contributed by atoms with Crippen molar-refractivity contribution in [3.05, 3.63) is 48.2 Å². The van der Waals surface area contributed by atoms with E-state index in [1.165, 1.54) is 6.07 Å². The molecule has 1 aliphatic carbocycles. The summed E-state index contributed by atoms with van der Waals surface area (Å²) in [6.45, 7) is 2.93. The van der Waals surface area contributed by atoms with Gasteiger partial charge in [0.05, 0.1) is 11.3 Å². The lowest BCUT2D eigenvalue weighted by Gasteiger charge is -2.11. The van der Waals surface area contributed by atoms with E-state index >= 15 is 0 Å². The summed E-state index contributed by atoms with van der Waals surface area (Å²) >= 11 is 0. The van der Waals surface area contributed by atoms with E-state index in [4.69, 9.17) is 0 Å². The summed E-state index contributed by atoms with van der Waals surface area (Å²) in [5.74, 6) is 0.259. The Morgan fingerprint density at radius 1 is 1.07 bits per heavy atom. The van der Waals surface area contributed by atoms with Crippen LogP contribution in [-0.2, 0) is 6.54 Å². The Morgan fingerprint density at radius 3 is 2.64 bits per heavy atom. The monoisotopic (exact) mass is 375 g/mol. The lowest BCUT2D eigenvalue weighted by Crippen LogP contribution is -1.91. The quantitative estimate of drug-likeness (QED) is 0.415. The van der Waals surface area contributed by atoms with Crippen molar-refractivity contribution in [1.29, 1.82) is 0 Å². The molecule has 4 aromatic rings. The molecular weight excluding hydrogens is 354 g/mol. The number of phenolic OH excluding ortho intramolecular Hbond substituents is 2. The van der Waals surface area contributed by atoms with E-state index in [1.807, 2.05) is 30.5 Å². The fraction of sp³-hybridized carbons (Fsp3) is 0.227. The average Bonchev–Trinajstić information content (AvgIpc) is 3.32. The summed E-state index contributed by atoms with van der Waals surface area (Å²) in [6, 6.07) is 11.1. The number of rotatable bonds is 4. The number of hydrogen-bond donors (Lipinski definition) is 4. The van der Waals surface area contributed by atoms with Crippen LogP contribution in [0.2, 0.25) is 0 Å². The minimum absolute atomic E-state index is 0.0508. The Bertz CT molecular complexity index is 1200. The number of hydrogen-bond acceptors (Lipinski definition) is 4. The number of aryl methyl sites for hydroxylation is 1. The molecule has 2 aromatic heterocycles. The Morgan fingerprint density at radius 2 is 1.89 bits per heavy atom. The maximum atomic E-state index is 10.5. The molecule has 2 heterocycles. The normalized spacial score (nSPS) is 14.0. The number of fused-ring (bicyclic) bond motifs is 1. The van der Waals surface area contributed by atoms with E-state index in [2.05, 4.69) is 21.7 Å². The summed E-state index contributed by atoms with van der Waals surface area (Å²) in [7, 11) is 0. The van der Waals surface area contributed by atoms with Crippen LogP contribution in [0.1, 0.15) is 31.2 Å². The molecular formula is C22H21N3O3. The molecule has 6 heteroatoms. The minimum Gasteiger partial charge on any atom is -0.508 e. The van der Waals surface area contributed by atoms with Crippen molar-refractivity contribution in [2.45, 2.75) is 32.2 Å². The van der Waals surface area contributed by atoms with Crippen LogP contribution in [0.15, 0.2) is 42.6 Å². The second kappa shape index (κ2) is 6.05. The summed E-state index contributed by atoms with van der Waals surface area (Å²) < 4.78 is 2.14. The zero-order valence-electron chi connectivity index (χ0n) is 15.5. The van der Waals surface area contributed by atoms with Gasteiger partial charge in [0.2, 0.25) is 5.88 Å². The van der Waals surface area contributed by atoms with E-state index in [9.17, 15) is 15.3 Å². The Balaban J connectivity index is 1.74. The average molecular weight is 375 g/mol. The molecule has 0 aliphatic heterocycles. The van der Waals surface area contributed by atoms with Gasteiger partial charge in [-0.15, -0.1) is 5.10 Å². The van der Waals surface area contributed by atoms with Gasteiger partial charge in [0, 0.05) is 35.3 Å². The fourth-order valence-corrected chi connectivity index (χ4v) is 4.02. The van der Waals surface area contributed by atoms with Crippen LogP contribution >= 0.6 is 0 Å². The maximum Gasteiger partial charge on any atom is 0.238 e. The highest BCUT2D eigenvalue weighted by Gasteiger charge is 2.29. The zero-order chi connectivity index (χ0) is 19.4. The summed E-state index contributed by atoms with van der Waals surface area (Å²) in [4.78, 5) is 0. The van der Waals surface area contributed by atoms with Gasteiger partial charge < -0.3 is 19.9 Å². The molecule has 0 radical (unpaired) electrons. The third kappa shape index (κ3) is 2.45. The molecule has 28 heavy (non-hydrogen) atoms. The fourth-order valence-electron chi connectivity index (χ4n) is 4.02. The van der Waals surface area contributed by atoms with Crippen molar-refractivity contribution in [2.24, 2.45) is 0 Å². The van der Waals surface area contributed by atoms with Crippen LogP contribution in [-0.4, -0.2) is 30.1 Å². The van der Waals surface area contributed by atoms with Crippen molar-refractivity contribution in [3.63, 3.8) is 0 Å². The van der Waals surface area contributed by atoms with Crippen molar-refractivity contribution in [1.82, 2.24) is 14.8 Å². The van der Waals surface area contributed by atoms with Gasteiger partial charge in [0.15, 0.2) is 0 Å². The van der Waals surface area contributed by atoms with Crippen LogP contribution in [0.25, 0.3) is 33.3 Å². The smallest absolute Gasteiger partial charge is 0.238 e. The predicted octanol–water partition coefficient (Wildman–Crippen LogP) is 4.71. The van der Waals surface area contributed by atoms with Crippen LogP contribution in [0.5, 0.6) is 17.4 Å². The Kier molecular flexibility index (Phi) is 3.62. The number of nitrogens with one attached hydrogen (secondary N) is 1. The minimum atomic E-state index is -0.118. The number of H-pyrrole nitrogens is 1. The van der Waals surface area contributed by atoms with Crippen molar-refractivity contribution in [3.8, 4) is 39.8 Å². The molecule has 1 fully saturated rings. The molecule has 1 aliphatic rings. The highest BCUT2D eigenvalue weighted by Crippen LogP contribution is 2.49. The highest BCUT2D eigenvalue weighted by molar-refractivity contribution is 6.01. The van der Waals surface area contributed by atoms with Crippen LogP contribution in [0.3, 0.4) is 0 Å². The van der Waals surface area contributed by atoms with Crippen molar-refractivity contribution < 1.29 is 15.3 Å². The third-order valence-electron chi connectivity index (χ3n) is 5.60. The first-order chi connectivity index (χ1) is 13.6. The molecule has 2 aromatic carbocycles. The van der Waals surface area contributed by atoms with Crippen molar-refractivity contribution in [2.75, 3.05) is 0 Å². The summed E-state index contributed by atoms with van der Waals surface area (Å²) in [5, 5.41) is 39.1. The van der Waals surface area contributed by atoms with Gasteiger partial charge in [-0.3, -0.25) is 5.10 Å². The van der Waals surface area contributed by atoms with Gasteiger partial charge in [0.25, 0.3) is 0 Å². The van der Waals surface area contributed by atoms with Crippen molar-refractivity contribution >= 4 is 10.9 Å². The van der Waals surface area contributed by atoms with Crippen LogP contribution < -0.4 is 0 Å². The van der Waals surface area contributed by atoms with Gasteiger partial charge in [-0.05, 0) is 55.0 Å². The van der Waals surface area contributed by atoms with Crippen LogP contribution in [0, 0.1) is 0 Å². The lowest BCUT2D eigenvalue weighted by atomic mass is 9.96. The molecule has 142 valence electrons. The second-order valence-corrected chi connectivity index (χ2v) is 7.34. The van der Waals surface area contributed by atoms with E-state index in [-0.39, 0.29) is 17.4 Å². The number of aromatic hydroxyl groups is 3. The molecule has 0 amide bonds. The van der Waals surface area contributed by atoms with Gasteiger partial charge in [-0.25, -0.2) is 0 Å². The molecule has 0 unspecified atom stereocenters. The number of aromatic amines is 1. The largest absolute Gasteiger partial charge is 0.508 e. The number of benzene rings is 2. The predicted molar refractivity (Wildman–Crippen MR) is 108 cm³/mol. The Hall–Kier alpha value is -3.41. The molecule has 0 saturated heterocycles. The summed E-state index contributed by atoms with van der Waals surface area (Å²) in [6.07, 6.45) is 4.08. The molecule has 0 bridgehead atoms. The van der Waals surface area contributed by atoms with Gasteiger partial charge in [-0.1, -0.05) is 12.1 Å². The first-order valence-electron chi connectivity index (χ1n) is 9.50. The van der Waals surface area contributed by atoms with E-state index < -0.39 is 0 Å². The van der Waals surface area contributed by atoms with E-state index in [1.54, 1.807) is 6.07 Å². The zero-order valence-corrected chi connectivity index (χ0v) is 15.5. The second-order valence-electron chi connectivity index (χ2n) is 7.34. The molecule has 1 saturated carbocycles. The van der Waals surface area contributed by atoms with Gasteiger partial charge >= 0.3 is 0 Å². The third-order valence-corrected chi connectivity index (χ3v) is 5.60. The molecule has 4 N–H and O–H groups in total. The number of phenols is 2. The lowest BCUT2D eigenvalue weighted by molar-refractivity contribution is 0.447. The number of aromatic nitrogens is 3. The molecule has 0 atom stereocenters. The van der Waals surface area contributed by atoms with Crippen LogP contribution in [0.4, 0.5) is 0 Å². The molecule has 5 rings (SSSR count). The van der Waals surface area contributed by atoms with Gasteiger partial charge in [-0.2, -0.15) is 0 Å². The molecule has 6 nitrogen and oxygen atoms in total. The number of nitrogens with zero attached hydrogens (tertiary/aromatic N) is 2. The Labute approximate surface area is 161 Å². The summed E-state index contributed by atoms with van der Waals surface area (Å²) in [5.41, 5.74) is 4.33. The molecule has 0 spiro atoms. The standard InChI is InChI=1S/C22H21N3O3/c1-2-25-9-8-13-14(4-3-5-17(13)25)20-21(23-24-22(20)28)16-10-15(12-6-7-12)18(26)11-19(16)27/h3-5,8-12,26-27H,2,6-7H2,1H3,(H2,23,24,28). The first-order valence-corrected chi connectivity index (χ1v) is 9.50. The maximum absolute atomic E-state index is 10.5. The van der Waals surface area contributed by atoms with E-state index in [0.717, 1.165) is 41.4 Å². The van der Waals surface area contributed by atoms with E-state index in [0.29, 0.717) is 22.7 Å².